The van der Waals surface area contributed by atoms with E-state index in [0.717, 1.165) is 44.2 Å². The van der Waals surface area contributed by atoms with Crippen molar-refractivity contribution in [3.8, 4) is 0 Å². The zero-order valence-corrected chi connectivity index (χ0v) is 18.7. The van der Waals surface area contributed by atoms with E-state index in [1.165, 1.54) is 36.2 Å². The van der Waals surface area contributed by atoms with E-state index >= 15 is 0 Å². The second kappa shape index (κ2) is 10.6. The summed E-state index contributed by atoms with van der Waals surface area (Å²) in [5.41, 5.74) is 4.69. The highest BCUT2D eigenvalue weighted by Gasteiger charge is 2.33. The minimum atomic E-state index is -0.833. The molecule has 4 rings (SSSR count). The van der Waals surface area contributed by atoms with Gasteiger partial charge in [-0.15, -0.1) is 0 Å². The molecule has 2 aliphatic rings. The molecular formula is C25H31ClN2O3. The van der Waals surface area contributed by atoms with Gasteiger partial charge in [-0.25, -0.2) is 0 Å². The van der Waals surface area contributed by atoms with Gasteiger partial charge in [0.2, 0.25) is 0 Å². The van der Waals surface area contributed by atoms with Crippen molar-refractivity contribution in [1.82, 2.24) is 9.88 Å². The number of carboxylic acids is 1. The van der Waals surface area contributed by atoms with Gasteiger partial charge in [-0.3, -0.25) is 14.7 Å². The van der Waals surface area contributed by atoms with E-state index < -0.39 is 12.0 Å². The van der Waals surface area contributed by atoms with E-state index in [-0.39, 0.29) is 6.10 Å². The molecule has 1 unspecified atom stereocenters. The highest BCUT2D eigenvalue weighted by molar-refractivity contribution is 6.30. The molecule has 1 aliphatic carbocycles. The lowest BCUT2D eigenvalue weighted by Crippen LogP contribution is -2.33. The van der Waals surface area contributed by atoms with Gasteiger partial charge < -0.3 is 9.84 Å². The van der Waals surface area contributed by atoms with Crippen LogP contribution in [0.1, 0.15) is 60.7 Å². The Hall–Kier alpha value is -1.95. The van der Waals surface area contributed by atoms with Crippen LogP contribution >= 0.6 is 11.6 Å². The van der Waals surface area contributed by atoms with Gasteiger partial charge in [0.15, 0.2) is 0 Å². The number of carbonyl (C=O) groups is 1. The molecule has 1 aromatic carbocycles. The lowest BCUT2D eigenvalue weighted by molar-refractivity contribution is -0.143. The molecule has 1 N–H and O–H groups in total. The maximum Gasteiger partial charge on any atom is 0.325 e. The first-order valence-electron chi connectivity index (χ1n) is 11.4. The number of benzene rings is 1. The number of hydrogen-bond donors (Lipinski definition) is 1. The van der Waals surface area contributed by atoms with E-state index in [1.807, 2.05) is 4.90 Å². The number of hydrogen-bond acceptors (Lipinski definition) is 4. The SMILES string of the molecule is O=C(O)C(c1ccc(Cl)cc1)N1CC[C@@H](OCCCCc2ccc3c(n2)CCCC3)C1. The molecule has 5 nitrogen and oxygen atoms in total. The number of likely N-dealkylation sites (tertiary alicyclic amines) is 1. The largest absolute Gasteiger partial charge is 0.480 e. The number of aliphatic carboxylic acids is 1. The van der Waals surface area contributed by atoms with Crippen LogP contribution in [0.3, 0.4) is 0 Å². The minimum Gasteiger partial charge on any atom is -0.480 e. The third kappa shape index (κ3) is 5.85. The summed E-state index contributed by atoms with van der Waals surface area (Å²) < 4.78 is 6.07. The second-order valence-electron chi connectivity index (χ2n) is 8.64. The van der Waals surface area contributed by atoms with Crippen LogP contribution in [0, 0.1) is 0 Å². The first kappa shape index (κ1) is 22.3. The highest BCUT2D eigenvalue weighted by atomic mass is 35.5. The summed E-state index contributed by atoms with van der Waals surface area (Å²) >= 11 is 5.95. The topological polar surface area (TPSA) is 62.7 Å². The maximum absolute atomic E-state index is 11.9. The number of rotatable bonds is 9. The number of carboxylic acid groups (broad SMARTS) is 1. The zero-order chi connectivity index (χ0) is 21.6. The number of pyridine rings is 1. The van der Waals surface area contributed by atoms with E-state index in [1.54, 1.807) is 24.3 Å². The van der Waals surface area contributed by atoms with Gasteiger partial charge >= 0.3 is 5.97 Å². The predicted molar refractivity (Wildman–Crippen MR) is 122 cm³/mol. The summed E-state index contributed by atoms with van der Waals surface area (Å²) in [5, 5.41) is 10.4. The average molecular weight is 443 g/mol. The average Bonchev–Trinajstić information content (AvgIpc) is 3.23. The third-order valence-corrected chi connectivity index (χ3v) is 6.63. The maximum atomic E-state index is 11.9. The summed E-state index contributed by atoms with van der Waals surface area (Å²) in [7, 11) is 0. The van der Waals surface area contributed by atoms with Gasteiger partial charge in [0.05, 0.1) is 6.10 Å². The van der Waals surface area contributed by atoms with Crippen molar-refractivity contribution in [1.29, 1.82) is 0 Å². The predicted octanol–water partition coefficient (Wildman–Crippen LogP) is 4.85. The van der Waals surface area contributed by atoms with Crippen LogP contribution in [0.2, 0.25) is 5.02 Å². The molecule has 1 saturated heterocycles. The van der Waals surface area contributed by atoms with Crippen LogP contribution in [0.5, 0.6) is 0 Å². The number of halogens is 1. The smallest absolute Gasteiger partial charge is 0.325 e. The van der Waals surface area contributed by atoms with Gasteiger partial charge in [-0.2, -0.15) is 0 Å². The molecule has 1 aliphatic heterocycles. The normalized spacial score (nSPS) is 19.8. The fraction of sp³-hybridized carbons (Fsp3) is 0.520. The van der Waals surface area contributed by atoms with Crippen molar-refractivity contribution in [3.63, 3.8) is 0 Å². The molecule has 0 spiro atoms. The lowest BCUT2D eigenvalue weighted by atomic mass is 9.95. The first-order chi connectivity index (χ1) is 15.1. The van der Waals surface area contributed by atoms with E-state index in [2.05, 4.69) is 12.1 Å². The fourth-order valence-corrected chi connectivity index (χ4v) is 4.83. The molecule has 2 heterocycles. The van der Waals surface area contributed by atoms with Crippen molar-refractivity contribution in [2.24, 2.45) is 0 Å². The third-order valence-electron chi connectivity index (χ3n) is 6.38. The van der Waals surface area contributed by atoms with Gasteiger partial charge in [-0.05, 0) is 80.7 Å². The fourth-order valence-electron chi connectivity index (χ4n) is 4.70. The van der Waals surface area contributed by atoms with E-state index in [0.29, 0.717) is 18.2 Å². The van der Waals surface area contributed by atoms with Crippen LogP contribution in [-0.4, -0.2) is 46.8 Å². The molecule has 2 atom stereocenters. The van der Waals surface area contributed by atoms with Crippen molar-refractivity contribution in [3.05, 3.63) is 63.9 Å². The Morgan fingerprint density at radius 3 is 2.77 bits per heavy atom. The van der Waals surface area contributed by atoms with Crippen molar-refractivity contribution >= 4 is 17.6 Å². The van der Waals surface area contributed by atoms with Gasteiger partial charge in [0.1, 0.15) is 6.04 Å². The summed E-state index contributed by atoms with van der Waals surface area (Å²) in [6, 6.07) is 10.9. The Balaban J connectivity index is 1.20. The molecule has 0 radical (unpaired) electrons. The summed E-state index contributed by atoms with van der Waals surface area (Å²) in [6.45, 7) is 2.08. The molecule has 6 heteroatoms. The minimum absolute atomic E-state index is 0.0935. The zero-order valence-electron chi connectivity index (χ0n) is 17.9. The summed E-state index contributed by atoms with van der Waals surface area (Å²) in [6.07, 6.45) is 8.85. The summed E-state index contributed by atoms with van der Waals surface area (Å²) in [5.74, 6) is -0.833. The quantitative estimate of drug-likeness (QED) is 0.562. The van der Waals surface area contributed by atoms with Crippen LogP contribution in [0.25, 0.3) is 0 Å². The lowest BCUT2D eigenvalue weighted by Gasteiger charge is -2.24. The Bertz CT molecular complexity index is 887. The van der Waals surface area contributed by atoms with Crippen LogP contribution in [0.15, 0.2) is 36.4 Å². The van der Waals surface area contributed by atoms with Crippen LogP contribution in [-0.2, 0) is 28.8 Å². The van der Waals surface area contributed by atoms with Gasteiger partial charge in [0.25, 0.3) is 0 Å². The van der Waals surface area contributed by atoms with Gasteiger partial charge in [0, 0.05) is 36.1 Å². The van der Waals surface area contributed by atoms with Crippen LogP contribution in [0.4, 0.5) is 0 Å². The molecule has 0 amide bonds. The van der Waals surface area contributed by atoms with E-state index in [4.69, 9.17) is 21.3 Å². The Kier molecular flexibility index (Phi) is 7.59. The molecule has 2 aromatic rings. The number of fused-ring (bicyclic) bond motifs is 1. The number of unbranched alkanes of at least 4 members (excludes halogenated alkanes) is 1. The number of ether oxygens (including phenoxy) is 1. The highest BCUT2D eigenvalue weighted by Crippen LogP contribution is 2.28. The second-order valence-corrected chi connectivity index (χ2v) is 9.08. The Morgan fingerprint density at radius 1 is 1.16 bits per heavy atom. The molecule has 1 aromatic heterocycles. The van der Waals surface area contributed by atoms with Gasteiger partial charge in [-0.1, -0.05) is 29.8 Å². The monoisotopic (exact) mass is 442 g/mol. The molecule has 0 saturated carbocycles. The number of aromatic nitrogens is 1. The van der Waals surface area contributed by atoms with Crippen molar-refractivity contribution in [2.45, 2.75) is 63.5 Å². The molecule has 166 valence electrons. The number of aryl methyl sites for hydroxylation is 3. The first-order valence-corrected chi connectivity index (χ1v) is 11.8. The Labute approximate surface area is 189 Å². The Morgan fingerprint density at radius 2 is 1.97 bits per heavy atom. The molecule has 1 fully saturated rings. The molecular weight excluding hydrogens is 412 g/mol. The standard InChI is InChI=1S/C25H31ClN2O3/c26-20-11-8-19(9-12-20)24(25(29)30)28-15-14-22(17-28)31-16-4-3-6-21-13-10-18-5-1-2-7-23(18)27-21/h8-13,22,24H,1-7,14-17H2,(H,29,30)/t22-,24?/m1/s1. The number of nitrogens with zero attached hydrogens (tertiary/aromatic N) is 2. The molecule has 0 bridgehead atoms. The van der Waals surface area contributed by atoms with E-state index in [9.17, 15) is 9.90 Å². The van der Waals surface area contributed by atoms with Crippen molar-refractivity contribution in [2.75, 3.05) is 19.7 Å². The van der Waals surface area contributed by atoms with Crippen molar-refractivity contribution < 1.29 is 14.6 Å². The summed E-state index contributed by atoms with van der Waals surface area (Å²) in [4.78, 5) is 18.7. The molecule has 31 heavy (non-hydrogen) atoms. The van der Waals surface area contributed by atoms with Crippen LogP contribution < -0.4 is 0 Å².